The van der Waals surface area contributed by atoms with Crippen LogP contribution in [0.5, 0.6) is 0 Å². The van der Waals surface area contributed by atoms with Crippen LogP contribution in [0, 0.1) is 11.3 Å². The molecule has 0 aromatic heterocycles. The summed E-state index contributed by atoms with van der Waals surface area (Å²) in [6.07, 6.45) is 3.31. The summed E-state index contributed by atoms with van der Waals surface area (Å²) in [5.74, 6) is -0.0924. The van der Waals surface area contributed by atoms with E-state index in [0.29, 0.717) is 17.8 Å². The lowest BCUT2D eigenvalue weighted by molar-refractivity contribution is -0.118. The molecule has 1 aromatic carbocycles. The number of anilines is 1. The highest BCUT2D eigenvalue weighted by molar-refractivity contribution is 5.93. The van der Waals surface area contributed by atoms with Crippen molar-refractivity contribution in [2.45, 2.75) is 38.3 Å². The zero-order valence-corrected chi connectivity index (χ0v) is 12.4. The molecule has 0 saturated carbocycles. The van der Waals surface area contributed by atoms with Crippen LogP contribution in [0.3, 0.4) is 0 Å². The number of benzene rings is 1. The summed E-state index contributed by atoms with van der Waals surface area (Å²) in [6, 6.07) is 9.43. The van der Waals surface area contributed by atoms with Gasteiger partial charge < -0.3 is 11.1 Å². The zero-order chi connectivity index (χ0) is 15.2. The quantitative estimate of drug-likeness (QED) is 0.882. The number of nitrogens with two attached hydrogens (primary N) is 1. The van der Waals surface area contributed by atoms with Crippen molar-refractivity contribution >= 4 is 11.6 Å². The van der Waals surface area contributed by atoms with Crippen LogP contribution in [0.25, 0.3) is 0 Å². The van der Waals surface area contributed by atoms with Crippen molar-refractivity contribution in [3.63, 3.8) is 0 Å². The standard InChI is InChI=1S/C16H22N4O/c1-12(18)15-8-4-5-9-20(15)11-16(21)19-14-7-3-2-6-13(14)10-17/h2-3,6-7,12,15H,4-5,8-9,11,18H2,1H3,(H,19,21). The average molecular weight is 286 g/mol. The number of nitrogens with one attached hydrogen (secondary N) is 1. The second kappa shape index (κ2) is 7.21. The Morgan fingerprint density at radius 1 is 1.52 bits per heavy atom. The maximum Gasteiger partial charge on any atom is 0.238 e. The number of amides is 1. The molecule has 112 valence electrons. The Bertz CT molecular complexity index is 535. The SMILES string of the molecule is CC(N)C1CCCCN1CC(=O)Nc1ccccc1C#N. The van der Waals surface area contributed by atoms with Crippen LogP contribution in [0.1, 0.15) is 31.7 Å². The van der Waals surface area contributed by atoms with E-state index in [1.165, 1.54) is 6.42 Å². The van der Waals surface area contributed by atoms with E-state index in [0.717, 1.165) is 19.4 Å². The van der Waals surface area contributed by atoms with Gasteiger partial charge in [0.15, 0.2) is 0 Å². The third-order valence-corrected chi connectivity index (χ3v) is 3.94. The van der Waals surface area contributed by atoms with Gasteiger partial charge in [0.1, 0.15) is 6.07 Å². The maximum absolute atomic E-state index is 12.2. The Hall–Kier alpha value is -1.90. The predicted molar refractivity (Wildman–Crippen MR) is 82.6 cm³/mol. The molecule has 1 saturated heterocycles. The zero-order valence-electron chi connectivity index (χ0n) is 12.4. The van der Waals surface area contributed by atoms with Crippen LogP contribution in [-0.4, -0.2) is 36.0 Å². The number of nitriles is 1. The first-order valence-electron chi connectivity index (χ1n) is 7.40. The van der Waals surface area contributed by atoms with Crippen molar-refractivity contribution in [1.82, 2.24) is 4.90 Å². The largest absolute Gasteiger partial charge is 0.327 e. The van der Waals surface area contributed by atoms with Crippen LogP contribution < -0.4 is 11.1 Å². The number of piperidine rings is 1. The molecule has 1 aromatic rings. The topological polar surface area (TPSA) is 82.2 Å². The molecule has 3 N–H and O–H groups in total. The number of likely N-dealkylation sites (tertiary alicyclic amines) is 1. The smallest absolute Gasteiger partial charge is 0.238 e. The third-order valence-electron chi connectivity index (χ3n) is 3.94. The molecule has 2 rings (SSSR count). The summed E-state index contributed by atoms with van der Waals surface area (Å²) in [4.78, 5) is 14.4. The van der Waals surface area contributed by atoms with Gasteiger partial charge in [0.2, 0.25) is 5.91 Å². The van der Waals surface area contributed by atoms with Crippen molar-refractivity contribution in [2.24, 2.45) is 5.73 Å². The van der Waals surface area contributed by atoms with Gasteiger partial charge in [-0.3, -0.25) is 9.69 Å². The first-order valence-corrected chi connectivity index (χ1v) is 7.40. The molecule has 2 unspecified atom stereocenters. The summed E-state index contributed by atoms with van der Waals surface area (Å²) < 4.78 is 0. The van der Waals surface area contributed by atoms with Gasteiger partial charge in [-0.1, -0.05) is 18.6 Å². The number of hydrogen-bond donors (Lipinski definition) is 2. The number of carbonyl (C=O) groups excluding carboxylic acids is 1. The number of rotatable bonds is 4. The molecule has 2 atom stereocenters. The van der Waals surface area contributed by atoms with E-state index >= 15 is 0 Å². The first-order chi connectivity index (χ1) is 10.1. The molecule has 1 amide bonds. The molecular weight excluding hydrogens is 264 g/mol. The van der Waals surface area contributed by atoms with Crippen molar-refractivity contribution < 1.29 is 4.79 Å². The van der Waals surface area contributed by atoms with Crippen molar-refractivity contribution in [2.75, 3.05) is 18.4 Å². The second-order valence-corrected chi connectivity index (χ2v) is 5.60. The van der Waals surface area contributed by atoms with E-state index in [1.807, 2.05) is 13.0 Å². The molecule has 21 heavy (non-hydrogen) atoms. The number of nitrogens with zero attached hydrogens (tertiary/aromatic N) is 2. The average Bonchev–Trinajstić information content (AvgIpc) is 2.48. The Morgan fingerprint density at radius 2 is 2.29 bits per heavy atom. The molecule has 0 spiro atoms. The Labute approximate surface area is 125 Å². The van der Waals surface area contributed by atoms with Gasteiger partial charge in [0, 0.05) is 12.1 Å². The Kier molecular flexibility index (Phi) is 5.32. The van der Waals surface area contributed by atoms with Gasteiger partial charge in [-0.05, 0) is 38.4 Å². The number of hydrogen-bond acceptors (Lipinski definition) is 4. The summed E-state index contributed by atoms with van der Waals surface area (Å²) in [6.45, 7) is 3.22. The van der Waals surface area contributed by atoms with Crippen molar-refractivity contribution in [1.29, 1.82) is 5.26 Å². The van der Waals surface area contributed by atoms with Crippen LogP contribution in [0.15, 0.2) is 24.3 Å². The number of carbonyl (C=O) groups is 1. The molecule has 1 aliphatic rings. The summed E-state index contributed by atoms with van der Waals surface area (Å²) in [5, 5.41) is 11.9. The summed E-state index contributed by atoms with van der Waals surface area (Å²) >= 11 is 0. The number of para-hydroxylation sites is 1. The van der Waals surface area contributed by atoms with Gasteiger partial charge in [0.25, 0.3) is 0 Å². The van der Waals surface area contributed by atoms with Gasteiger partial charge in [0.05, 0.1) is 17.8 Å². The van der Waals surface area contributed by atoms with Gasteiger partial charge in [-0.15, -0.1) is 0 Å². The van der Waals surface area contributed by atoms with Crippen LogP contribution in [-0.2, 0) is 4.79 Å². The Balaban J connectivity index is 1.99. The van der Waals surface area contributed by atoms with Crippen LogP contribution in [0.2, 0.25) is 0 Å². The maximum atomic E-state index is 12.2. The van der Waals surface area contributed by atoms with E-state index in [-0.39, 0.29) is 18.0 Å². The highest BCUT2D eigenvalue weighted by Gasteiger charge is 2.26. The molecule has 0 radical (unpaired) electrons. The minimum atomic E-state index is -0.0924. The minimum Gasteiger partial charge on any atom is -0.327 e. The fourth-order valence-corrected chi connectivity index (χ4v) is 2.87. The van der Waals surface area contributed by atoms with Gasteiger partial charge in [-0.25, -0.2) is 0 Å². The molecule has 5 heteroatoms. The molecule has 1 fully saturated rings. The van der Waals surface area contributed by atoms with E-state index in [2.05, 4.69) is 16.3 Å². The molecular formula is C16H22N4O. The lowest BCUT2D eigenvalue weighted by Crippen LogP contribution is -2.51. The molecule has 1 aliphatic heterocycles. The fourth-order valence-electron chi connectivity index (χ4n) is 2.87. The van der Waals surface area contributed by atoms with Crippen LogP contribution in [0.4, 0.5) is 5.69 Å². The van der Waals surface area contributed by atoms with Crippen LogP contribution >= 0.6 is 0 Å². The van der Waals surface area contributed by atoms with Crippen molar-refractivity contribution in [3.05, 3.63) is 29.8 Å². The molecule has 5 nitrogen and oxygen atoms in total. The second-order valence-electron chi connectivity index (χ2n) is 5.60. The highest BCUT2D eigenvalue weighted by atomic mass is 16.2. The highest BCUT2D eigenvalue weighted by Crippen LogP contribution is 2.19. The van der Waals surface area contributed by atoms with Gasteiger partial charge >= 0.3 is 0 Å². The Morgan fingerprint density at radius 3 is 3.00 bits per heavy atom. The lowest BCUT2D eigenvalue weighted by Gasteiger charge is -2.37. The summed E-state index contributed by atoms with van der Waals surface area (Å²) in [7, 11) is 0. The molecule has 1 heterocycles. The van der Waals surface area contributed by atoms with E-state index < -0.39 is 0 Å². The fraction of sp³-hybridized carbons (Fsp3) is 0.500. The third kappa shape index (κ3) is 4.03. The normalized spacial score (nSPS) is 20.5. The van der Waals surface area contributed by atoms with E-state index in [4.69, 9.17) is 11.0 Å². The molecule has 0 aliphatic carbocycles. The first kappa shape index (κ1) is 15.5. The predicted octanol–water partition coefficient (Wildman–Crippen LogP) is 1.70. The van der Waals surface area contributed by atoms with Crippen molar-refractivity contribution in [3.8, 4) is 6.07 Å². The lowest BCUT2D eigenvalue weighted by atomic mass is 9.97. The summed E-state index contributed by atoms with van der Waals surface area (Å²) in [5.41, 5.74) is 7.06. The monoisotopic (exact) mass is 286 g/mol. The van der Waals surface area contributed by atoms with Gasteiger partial charge in [-0.2, -0.15) is 5.26 Å². The minimum absolute atomic E-state index is 0.0597. The van der Waals surface area contributed by atoms with E-state index in [1.54, 1.807) is 18.2 Å². The molecule has 0 bridgehead atoms. The van der Waals surface area contributed by atoms with E-state index in [9.17, 15) is 4.79 Å².